The highest BCUT2D eigenvalue weighted by atomic mass is 32.2. The molecule has 1 aliphatic heterocycles. The Morgan fingerprint density at radius 2 is 2.00 bits per heavy atom. The maximum Gasteiger partial charge on any atom is 0.216 e. The van der Waals surface area contributed by atoms with Crippen LogP contribution in [0.2, 0.25) is 0 Å². The molecule has 0 bridgehead atoms. The van der Waals surface area contributed by atoms with Crippen LogP contribution in [0.5, 0.6) is 0 Å². The number of sulfonamides is 1. The number of ether oxygens (including phenoxy) is 1. The number of methoxy groups -OCH3 is 1. The Labute approximate surface area is 121 Å². The molecular formula is C14H22N2O3S. The highest BCUT2D eigenvalue weighted by Gasteiger charge is 2.40. The van der Waals surface area contributed by atoms with Crippen molar-refractivity contribution in [2.75, 3.05) is 26.8 Å². The Hall–Kier alpha value is -0.980. The quantitative estimate of drug-likeness (QED) is 0.826. The molecule has 1 saturated heterocycles. The van der Waals surface area contributed by atoms with Crippen molar-refractivity contribution >= 4 is 10.0 Å². The molecule has 5 nitrogen and oxygen atoms in total. The van der Waals surface area contributed by atoms with E-state index in [2.05, 4.69) is 4.98 Å². The average Bonchev–Trinajstić information content (AvgIpc) is 2.85. The minimum Gasteiger partial charge on any atom is -0.384 e. The summed E-state index contributed by atoms with van der Waals surface area (Å²) in [5.74, 6) is 0.363. The van der Waals surface area contributed by atoms with Crippen molar-refractivity contribution in [3.05, 3.63) is 30.1 Å². The summed E-state index contributed by atoms with van der Waals surface area (Å²) in [6.07, 6.45) is 3.50. The molecule has 112 valence electrons. The summed E-state index contributed by atoms with van der Waals surface area (Å²) in [4.78, 5) is 4.02. The van der Waals surface area contributed by atoms with Gasteiger partial charge in [0.2, 0.25) is 10.0 Å². The van der Waals surface area contributed by atoms with Crippen molar-refractivity contribution in [2.45, 2.75) is 25.0 Å². The molecule has 0 radical (unpaired) electrons. The summed E-state index contributed by atoms with van der Waals surface area (Å²) in [6, 6.07) is 3.91. The molecule has 0 aliphatic carbocycles. The predicted molar refractivity (Wildman–Crippen MR) is 78.0 cm³/mol. The van der Waals surface area contributed by atoms with Crippen LogP contribution in [0.3, 0.4) is 0 Å². The topological polar surface area (TPSA) is 59.5 Å². The number of pyridine rings is 1. The SMILES string of the molecule is COC[C@@H]1CN(S(=O)(=O)C(C)C)C[C@H]1c1ccncc1. The second-order valence-electron chi connectivity index (χ2n) is 5.51. The first kappa shape index (κ1) is 15.4. The van der Waals surface area contributed by atoms with E-state index in [1.165, 1.54) is 0 Å². The summed E-state index contributed by atoms with van der Waals surface area (Å²) < 4.78 is 31.5. The van der Waals surface area contributed by atoms with E-state index in [9.17, 15) is 8.42 Å². The zero-order valence-corrected chi connectivity index (χ0v) is 13.0. The predicted octanol–water partition coefficient (Wildman–Crippen LogP) is 1.48. The number of aromatic nitrogens is 1. The maximum atomic E-state index is 12.3. The van der Waals surface area contributed by atoms with Crippen LogP contribution >= 0.6 is 0 Å². The molecule has 1 aromatic heterocycles. The third-order valence-electron chi connectivity index (χ3n) is 3.88. The van der Waals surface area contributed by atoms with Crippen LogP contribution in [-0.2, 0) is 14.8 Å². The number of hydrogen-bond acceptors (Lipinski definition) is 4. The van der Waals surface area contributed by atoms with Crippen LogP contribution in [0.4, 0.5) is 0 Å². The normalized spacial score (nSPS) is 24.4. The smallest absolute Gasteiger partial charge is 0.216 e. The monoisotopic (exact) mass is 298 g/mol. The molecular weight excluding hydrogens is 276 g/mol. The van der Waals surface area contributed by atoms with Crippen molar-refractivity contribution < 1.29 is 13.2 Å². The molecule has 1 aliphatic rings. The zero-order valence-electron chi connectivity index (χ0n) is 12.2. The van der Waals surface area contributed by atoms with E-state index < -0.39 is 10.0 Å². The van der Waals surface area contributed by atoms with Crippen LogP contribution in [0.15, 0.2) is 24.5 Å². The zero-order chi connectivity index (χ0) is 14.8. The molecule has 0 aromatic carbocycles. The summed E-state index contributed by atoms with van der Waals surface area (Å²) >= 11 is 0. The Morgan fingerprint density at radius 3 is 2.55 bits per heavy atom. The van der Waals surface area contributed by atoms with Crippen molar-refractivity contribution in [1.29, 1.82) is 0 Å². The Balaban J connectivity index is 2.24. The second-order valence-corrected chi connectivity index (χ2v) is 8.00. The van der Waals surface area contributed by atoms with E-state index in [1.54, 1.807) is 37.7 Å². The van der Waals surface area contributed by atoms with Crippen molar-refractivity contribution in [1.82, 2.24) is 9.29 Å². The van der Waals surface area contributed by atoms with Crippen LogP contribution in [0.1, 0.15) is 25.3 Å². The first-order chi connectivity index (χ1) is 9.46. The van der Waals surface area contributed by atoms with Gasteiger partial charge < -0.3 is 4.74 Å². The van der Waals surface area contributed by atoms with Gasteiger partial charge in [0.1, 0.15) is 0 Å². The molecule has 2 heterocycles. The van der Waals surface area contributed by atoms with Crippen LogP contribution < -0.4 is 0 Å². The molecule has 0 amide bonds. The van der Waals surface area contributed by atoms with Gasteiger partial charge in [0.05, 0.1) is 11.9 Å². The van der Waals surface area contributed by atoms with E-state index in [1.807, 2.05) is 12.1 Å². The van der Waals surface area contributed by atoms with E-state index in [-0.39, 0.29) is 17.1 Å². The van der Waals surface area contributed by atoms with Gasteiger partial charge in [0.25, 0.3) is 0 Å². The standard InChI is InChI=1S/C14H22N2O3S/c1-11(2)20(17,18)16-8-13(10-19-3)14(9-16)12-4-6-15-7-5-12/h4-7,11,13-14H,8-10H2,1-3H3/t13-,14-/m0/s1. The molecule has 0 saturated carbocycles. The second kappa shape index (κ2) is 6.20. The summed E-state index contributed by atoms with van der Waals surface area (Å²) in [6.45, 7) is 5.07. The van der Waals surface area contributed by atoms with Crippen molar-refractivity contribution in [2.24, 2.45) is 5.92 Å². The minimum atomic E-state index is -3.21. The third kappa shape index (κ3) is 3.02. The summed E-state index contributed by atoms with van der Waals surface area (Å²) in [5, 5.41) is -0.387. The van der Waals surface area contributed by atoms with Gasteiger partial charge in [-0.05, 0) is 31.5 Å². The van der Waals surface area contributed by atoms with Gasteiger partial charge in [-0.3, -0.25) is 4.98 Å². The molecule has 0 N–H and O–H groups in total. The van der Waals surface area contributed by atoms with Gasteiger partial charge in [-0.1, -0.05) is 0 Å². The molecule has 2 atom stereocenters. The molecule has 1 aromatic rings. The average molecular weight is 298 g/mol. The van der Waals surface area contributed by atoms with Gasteiger partial charge in [-0.2, -0.15) is 0 Å². The van der Waals surface area contributed by atoms with Gasteiger partial charge >= 0.3 is 0 Å². The van der Waals surface area contributed by atoms with Crippen LogP contribution in [-0.4, -0.2) is 49.8 Å². The van der Waals surface area contributed by atoms with E-state index in [0.29, 0.717) is 19.7 Å². The Kier molecular flexibility index (Phi) is 4.78. The largest absolute Gasteiger partial charge is 0.384 e. The lowest BCUT2D eigenvalue weighted by molar-refractivity contribution is 0.151. The highest BCUT2D eigenvalue weighted by molar-refractivity contribution is 7.89. The van der Waals surface area contributed by atoms with Gasteiger partial charge in [-0.25, -0.2) is 12.7 Å². The highest BCUT2D eigenvalue weighted by Crippen LogP contribution is 2.34. The summed E-state index contributed by atoms with van der Waals surface area (Å²) in [5.41, 5.74) is 1.13. The number of rotatable bonds is 5. The number of hydrogen-bond donors (Lipinski definition) is 0. The van der Waals surface area contributed by atoms with Crippen molar-refractivity contribution in [3.63, 3.8) is 0 Å². The fourth-order valence-electron chi connectivity index (χ4n) is 2.71. The first-order valence-corrected chi connectivity index (χ1v) is 8.35. The molecule has 6 heteroatoms. The van der Waals surface area contributed by atoms with E-state index in [4.69, 9.17) is 4.74 Å². The summed E-state index contributed by atoms with van der Waals surface area (Å²) in [7, 11) is -1.55. The molecule has 2 rings (SSSR count). The Bertz CT molecular complexity index is 531. The first-order valence-electron chi connectivity index (χ1n) is 6.84. The van der Waals surface area contributed by atoms with Gasteiger partial charge in [-0.15, -0.1) is 0 Å². The minimum absolute atomic E-state index is 0.173. The fourth-order valence-corrected chi connectivity index (χ4v) is 4.07. The van der Waals surface area contributed by atoms with Gasteiger partial charge in [0.15, 0.2) is 0 Å². The van der Waals surface area contributed by atoms with E-state index in [0.717, 1.165) is 5.56 Å². The van der Waals surface area contributed by atoms with Crippen LogP contribution in [0, 0.1) is 5.92 Å². The fraction of sp³-hybridized carbons (Fsp3) is 0.643. The lowest BCUT2D eigenvalue weighted by Crippen LogP contribution is -2.35. The maximum absolute atomic E-state index is 12.3. The molecule has 20 heavy (non-hydrogen) atoms. The third-order valence-corrected chi connectivity index (χ3v) is 6.09. The Morgan fingerprint density at radius 1 is 1.35 bits per heavy atom. The lowest BCUT2D eigenvalue weighted by atomic mass is 9.90. The van der Waals surface area contributed by atoms with Crippen molar-refractivity contribution in [3.8, 4) is 0 Å². The van der Waals surface area contributed by atoms with E-state index >= 15 is 0 Å². The number of nitrogens with zero attached hydrogens (tertiary/aromatic N) is 2. The van der Waals surface area contributed by atoms with Crippen LogP contribution in [0.25, 0.3) is 0 Å². The molecule has 0 unspecified atom stereocenters. The van der Waals surface area contributed by atoms with Gasteiger partial charge in [0, 0.05) is 44.4 Å². The molecule has 1 fully saturated rings. The lowest BCUT2D eigenvalue weighted by Gasteiger charge is -2.19. The molecule has 0 spiro atoms.